The van der Waals surface area contributed by atoms with Crippen LogP contribution < -0.4 is 20.9 Å². The van der Waals surface area contributed by atoms with Crippen LogP contribution in [-0.4, -0.2) is 18.4 Å². The second kappa shape index (κ2) is 10.4. The Balaban J connectivity index is 1.73. The highest BCUT2D eigenvalue weighted by atomic mass is 79.9. The van der Waals surface area contributed by atoms with Gasteiger partial charge in [-0.15, -0.1) is 0 Å². The van der Waals surface area contributed by atoms with Crippen LogP contribution in [-0.2, 0) is 9.59 Å². The van der Waals surface area contributed by atoms with Crippen molar-refractivity contribution in [2.24, 2.45) is 0 Å². The Morgan fingerprint density at radius 1 is 1.14 bits per heavy atom. The molecule has 0 saturated heterocycles. The number of hydrogen-bond acceptors (Lipinski definition) is 4. The van der Waals surface area contributed by atoms with Gasteiger partial charge in [0.2, 0.25) is 5.91 Å². The summed E-state index contributed by atoms with van der Waals surface area (Å²) in [5.74, 6) is -0.204. The summed E-state index contributed by atoms with van der Waals surface area (Å²) < 4.78 is 6.37. The highest BCUT2D eigenvalue weighted by Gasteiger charge is 2.10. The largest absolute Gasteiger partial charge is 0.484 e. The standard InChI is InChI=1S/C19H18BrCl2N3O3/c1-11-8-13(6-7-14(11)20)28-10-18(27)25-24-12(2)9-17(26)23-16-5-3-4-15(21)19(16)22/h3-8,24H,2,9-10H2,1H3,(H,23,26)(H,25,27). The van der Waals surface area contributed by atoms with Crippen molar-refractivity contribution in [3.63, 3.8) is 0 Å². The first-order valence-corrected chi connectivity index (χ1v) is 9.66. The summed E-state index contributed by atoms with van der Waals surface area (Å²) in [6, 6.07) is 10.3. The van der Waals surface area contributed by atoms with Crippen LogP contribution in [0.5, 0.6) is 5.75 Å². The van der Waals surface area contributed by atoms with Gasteiger partial charge in [0.15, 0.2) is 6.61 Å². The fourth-order valence-electron chi connectivity index (χ4n) is 2.08. The van der Waals surface area contributed by atoms with Gasteiger partial charge in [-0.25, -0.2) is 0 Å². The van der Waals surface area contributed by atoms with E-state index in [4.69, 9.17) is 27.9 Å². The lowest BCUT2D eigenvalue weighted by atomic mass is 10.2. The molecule has 0 atom stereocenters. The van der Waals surface area contributed by atoms with Crippen molar-refractivity contribution in [3.05, 3.63) is 68.8 Å². The molecule has 0 heterocycles. The molecule has 2 rings (SSSR count). The fraction of sp³-hybridized carbons (Fsp3) is 0.158. The topological polar surface area (TPSA) is 79.5 Å². The predicted octanol–water partition coefficient (Wildman–Crippen LogP) is 4.61. The van der Waals surface area contributed by atoms with E-state index >= 15 is 0 Å². The number of hydrazine groups is 1. The van der Waals surface area contributed by atoms with Crippen LogP contribution in [0.25, 0.3) is 0 Å². The molecule has 0 fully saturated rings. The maximum atomic E-state index is 12.0. The number of halogens is 3. The Morgan fingerprint density at radius 2 is 1.89 bits per heavy atom. The van der Waals surface area contributed by atoms with E-state index in [9.17, 15) is 9.59 Å². The number of amides is 2. The van der Waals surface area contributed by atoms with Crippen LogP contribution in [0.2, 0.25) is 10.0 Å². The quantitative estimate of drug-likeness (QED) is 0.476. The minimum Gasteiger partial charge on any atom is -0.484 e. The average Bonchev–Trinajstić information content (AvgIpc) is 2.64. The summed E-state index contributed by atoms with van der Waals surface area (Å²) in [6.45, 7) is 5.43. The SMILES string of the molecule is C=C(CC(=O)Nc1cccc(Cl)c1Cl)NNC(=O)COc1ccc(Br)c(C)c1. The van der Waals surface area contributed by atoms with E-state index in [2.05, 4.69) is 38.7 Å². The number of carbonyl (C=O) groups is 2. The average molecular weight is 487 g/mol. The first-order chi connectivity index (χ1) is 13.3. The van der Waals surface area contributed by atoms with Crippen molar-refractivity contribution in [1.82, 2.24) is 10.9 Å². The number of hydrogen-bond donors (Lipinski definition) is 3. The number of aryl methyl sites for hydroxylation is 1. The van der Waals surface area contributed by atoms with Crippen molar-refractivity contribution in [2.45, 2.75) is 13.3 Å². The van der Waals surface area contributed by atoms with Crippen molar-refractivity contribution >= 4 is 56.6 Å². The van der Waals surface area contributed by atoms with E-state index in [1.54, 1.807) is 24.3 Å². The van der Waals surface area contributed by atoms with Crippen LogP contribution in [0, 0.1) is 6.92 Å². The zero-order chi connectivity index (χ0) is 20.7. The molecule has 2 aromatic rings. The Bertz CT molecular complexity index is 906. The normalized spacial score (nSPS) is 10.1. The molecule has 3 N–H and O–H groups in total. The highest BCUT2D eigenvalue weighted by molar-refractivity contribution is 9.10. The van der Waals surface area contributed by atoms with Gasteiger partial charge < -0.3 is 15.5 Å². The Kier molecular flexibility index (Phi) is 8.17. The number of rotatable bonds is 8. The number of benzene rings is 2. The fourth-order valence-corrected chi connectivity index (χ4v) is 2.68. The first kappa shape index (κ1) is 22.1. The monoisotopic (exact) mass is 485 g/mol. The molecule has 0 unspecified atom stereocenters. The molecule has 2 amide bonds. The zero-order valence-corrected chi connectivity index (χ0v) is 18.0. The molecule has 0 aliphatic heterocycles. The lowest BCUT2D eigenvalue weighted by Gasteiger charge is -2.13. The minimum absolute atomic E-state index is 0.0735. The van der Waals surface area contributed by atoms with Gasteiger partial charge in [0, 0.05) is 10.2 Å². The molecular formula is C19H18BrCl2N3O3. The third-order valence-electron chi connectivity index (χ3n) is 3.48. The minimum atomic E-state index is -0.417. The van der Waals surface area contributed by atoms with Crippen molar-refractivity contribution < 1.29 is 14.3 Å². The van der Waals surface area contributed by atoms with Gasteiger partial charge in [0.05, 0.1) is 22.2 Å². The van der Waals surface area contributed by atoms with Gasteiger partial charge in [0.1, 0.15) is 5.75 Å². The Labute approximate surface area is 181 Å². The Hall–Kier alpha value is -2.22. The lowest BCUT2D eigenvalue weighted by Crippen LogP contribution is -2.40. The second-order valence-corrected chi connectivity index (χ2v) is 7.44. The van der Waals surface area contributed by atoms with Crippen LogP contribution in [0.3, 0.4) is 0 Å². The van der Waals surface area contributed by atoms with Crippen LogP contribution in [0.1, 0.15) is 12.0 Å². The summed E-state index contributed by atoms with van der Waals surface area (Å²) in [7, 11) is 0. The molecule has 0 aliphatic rings. The van der Waals surface area contributed by atoms with Crippen LogP contribution in [0.4, 0.5) is 5.69 Å². The molecular weight excluding hydrogens is 469 g/mol. The molecule has 0 aliphatic carbocycles. The number of nitrogens with one attached hydrogen (secondary N) is 3. The maximum absolute atomic E-state index is 12.0. The van der Waals surface area contributed by atoms with E-state index < -0.39 is 5.91 Å². The smallest absolute Gasteiger partial charge is 0.276 e. The predicted molar refractivity (Wildman–Crippen MR) is 115 cm³/mol. The van der Waals surface area contributed by atoms with E-state index in [-0.39, 0.29) is 24.0 Å². The molecule has 6 nitrogen and oxygen atoms in total. The second-order valence-electron chi connectivity index (χ2n) is 5.80. The van der Waals surface area contributed by atoms with E-state index in [0.29, 0.717) is 22.2 Å². The van der Waals surface area contributed by atoms with Gasteiger partial charge in [-0.2, -0.15) is 0 Å². The van der Waals surface area contributed by atoms with Crippen LogP contribution in [0.15, 0.2) is 53.1 Å². The van der Waals surface area contributed by atoms with Crippen LogP contribution >= 0.6 is 39.1 Å². The number of ether oxygens (including phenoxy) is 1. The molecule has 0 spiro atoms. The molecule has 2 aromatic carbocycles. The summed E-state index contributed by atoms with van der Waals surface area (Å²) in [5.41, 5.74) is 6.69. The number of anilines is 1. The van der Waals surface area contributed by atoms with Gasteiger partial charge in [-0.3, -0.25) is 15.0 Å². The summed E-state index contributed by atoms with van der Waals surface area (Å²) in [5, 5.41) is 3.22. The lowest BCUT2D eigenvalue weighted by molar-refractivity contribution is -0.124. The zero-order valence-electron chi connectivity index (χ0n) is 14.9. The molecule has 0 saturated carbocycles. The molecule has 0 radical (unpaired) electrons. The molecule has 0 bridgehead atoms. The van der Waals surface area contributed by atoms with Crippen molar-refractivity contribution in [1.29, 1.82) is 0 Å². The molecule has 9 heteroatoms. The third-order valence-corrected chi connectivity index (χ3v) is 5.19. The highest BCUT2D eigenvalue weighted by Crippen LogP contribution is 2.29. The van der Waals surface area contributed by atoms with Gasteiger partial charge in [-0.05, 0) is 42.8 Å². The van der Waals surface area contributed by atoms with Gasteiger partial charge in [0.25, 0.3) is 5.91 Å². The Morgan fingerprint density at radius 3 is 2.61 bits per heavy atom. The van der Waals surface area contributed by atoms with Crippen molar-refractivity contribution in [3.8, 4) is 5.75 Å². The van der Waals surface area contributed by atoms with Crippen molar-refractivity contribution in [2.75, 3.05) is 11.9 Å². The summed E-state index contributed by atoms with van der Waals surface area (Å²) in [6.07, 6.45) is -0.0735. The third kappa shape index (κ3) is 6.74. The first-order valence-electron chi connectivity index (χ1n) is 8.11. The maximum Gasteiger partial charge on any atom is 0.276 e. The molecule has 28 heavy (non-hydrogen) atoms. The van der Waals surface area contributed by atoms with E-state index in [1.807, 2.05) is 19.1 Å². The number of carbonyl (C=O) groups excluding carboxylic acids is 2. The van der Waals surface area contributed by atoms with Gasteiger partial charge >= 0.3 is 0 Å². The summed E-state index contributed by atoms with van der Waals surface area (Å²) in [4.78, 5) is 23.9. The molecule has 0 aromatic heterocycles. The molecule has 148 valence electrons. The van der Waals surface area contributed by atoms with Gasteiger partial charge in [-0.1, -0.05) is 51.8 Å². The van der Waals surface area contributed by atoms with E-state index in [0.717, 1.165) is 10.0 Å². The van der Waals surface area contributed by atoms with E-state index in [1.165, 1.54) is 0 Å². The summed E-state index contributed by atoms with van der Waals surface area (Å²) >= 11 is 15.3.